The van der Waals surface area contributed by atoms with Gasteiger partial charge in [0.15, 0.2) is 12.6 Å². The maximum absolute atomic E-state index is 9.90. The Morgan fingerprint density at radius 2 is 0.909 bits per heavy atom. The van der Waals surface area contributed by atoms with Crippen molar-refractivity contribution < 1.29 is 55.5 Å². The van der Waals surface area contributed by atoms with Gasteiger partial charge in [0.25, 0.3) is 0 Å². The van der Waals surface area contributed by atoms with E-state index in [1.807, 2.05) is 0 Å². The molecule has 7 atom stereocenters. The molecular weight excluding hydrogens is 308 g/mol. The molecule has 0 fully saturated rings. The van der Waals surface area contributed by atoms with Crippen LogP contribution in [0.25, 0.3) is 0 Å². The minimum absolute atomic E-state index is 0.0258. The van der Waals surface area contributed by atoms with Gasteiger partial charge < -0.3 is 55.5 Å². The maximum Gasteiger partial charge on any atom is 0.151 e. The minimum Gasteiger partial charge on any atom is -0.394 e. The average molecular weight is 330 g/mol. The Labute approximate surface area is 125 Å². The average Bonchev–Trinajstić information content (AvgIpc) is 2.56. The Hall–Kier alpha value is -1.02. The standard InChI is InChI=1S/C6H12O6.C5H10O5/c7-1-3(9)5(11)6(12)4(10)2-8;6-1-3(8)5(10)4(9)2-7/h1,3-6,8-12H,2H2;1,3-5,7-10H,2H2/t3-,4+,5+,6+;3-,4-,5-/m01/s1. The highest BCUT2D eigenvalue weighted by Crippen LogP contribution is 2.03. The van der Waals surface area contributed by atoms with Gasteiger partial charge in [-0.25, -0.2) is 0 Å². The lowest BCUT2D eigenvalue weighted by Crippen LogP contribution is -2.46. The predicted molar refractivity (Wildman–Crippen MR) is 68.3 cm³/mol. The van der Waals surface area contributed by atoms with Crippen molar-refractivity contribution in [1.29, 1.82) is 0 Å². The summed E-state index contributed by atoms with van der Waals surface area (Å²) in [5, 5.41) is 77.6. The molecular formula is C11H22O11. The van der Waals surface area contributed by atoms with E-state index in [0.717, 1.165) is 0 Å². The summed E-state index contributed by atoms with van der Waals surface area (Å²) in [6.45, 7) is -1.45. The predicted octanol–water partition coefficient (Wildman–Crippen LogP) is -6.12. The largest absolute Gasteiger partial charge is 0.394 e. The second-order valence-corrected chi connectivity index (χ2v) is 4.22. The Bertz CT molecular complexity index is 300. The summed E-state index contributed by atoms with van der Waals surface area (Å²) in [4.78, 5) is 19.7. The lowest BCUT2D eigenvalue weighted by molar-refractivity contribution is -0.136. The van der Waals surface area contributed by atoms with E-state index in [1.165, 1.54) is 0 Å². The highest BCUT2D eigenvalue weighted by atomic mass is 16.4. The molecule has 0 unspecified atom stereocenters. The van der Waals surface area contributed by atoms with Gasteiger partial charge in [-0.05, 0) is 0 Å². The molecule has 0 aromatic carbocycles. The van der Waals surface area contributed by atoms with Gasteiger partial charge in [0, 0.05) is 0 Å². The zero-order valence-corrected chi connectivity index (χ0v) is 11.5. The molecule has 132 valence electrons. The minimum atomic E-state index is -1.79. The van der Waals surface area contributed by atoms with Crippen LogP contribution in [-0.2, 0) is 9.59 Å². The van der Waals surface area contributed by atoms with Gasteiger partial charge >= 0.3 is 0 Å². The second kappa shape index (κ2) is 12.5. The van der Waals surface area contributed by atoms with Crippen molar-refractivity contribution in [2.45, 2.75) is 42.7 Å². The van der Waals surface area contributed by atoms with Crippen molar-refractivity contribution in [2.24, 2.45) is 0 Å². The van der Waals surface area contributed by atoms with Gasteiger partial charge in [-0.2, -0.15) is 0 Å². The number of rotatable bonds is 9. The molecule has 9 N–H and O–H groups in total. The van der Waals surface area contributed by atoms with E-state index < -0.39 is 55.9 Å². The zero-order chi connectivity index (χ0) is 17.9. The van der Waals surface area contributed by atoms with Crippen molar-refractivity contribution in [3.8, 4) is 0 Å². The smallest absolute Gasteiger partial charge is 0.151 e. The number of carbonyl (C=O) groups excluding carboxylic acids is 2. The molecule has 0 radical (unpaired) electrons. The molecule has 0 aliphatic heterocycles. The highest BCUT2D eigenvalue weighted by molar-refractivity contribution is 5.57. The summed E-state index contributed by atoms with van der Waals surface area (Å²) in [7, 11) is 0. The van der Waals surface area contributed by atoms with Crippen LogP contribution >= 0.6 is 0 Å². The van der Waals surface area contributed by atoms with Crippen molar-refractivity contribution in [3.63, 3.8) is 0 Å². The van der Waals surface area contributed by atoms with E-state index in [1.54, 1.807) is 0 Å². The number of aliphatic hydroxyl groups excluding tert-OH is 9. The first-order valence-electron chi connectivity index (χ1n) is 6.06. The first-order valence-corrected chi connectivity index (χ1v) is 6.06. The second-order valence-electron chi connectivity index (χ2n) is 4.22. The van der Waals surface area contributed by atoms with Gasteiger partial charge in [-0.3, -0.25) is 0 Å². The molecule has 0 saturated heterocycles. The van der Waals surface area contributed by atoms with E-state index in [-0.39, 0.29) is 12.6 Å². The third-order valence-corrected chi connectivity index (χ3v) is 2.49. The van der Waals surface area contributed by atoms with Crippen molar-refractivity contribution >= 4 is 12.6 Å². The third-order valence-electron chi connectivity index (χ3n) is 2.49. The molecule has 0 aromatic heterocycles. The fourth-order valence-electron chi connectivity index (χ4n) is 1.03. The zero-order valence-electron chi connectivity index (χ0n) is 11.5. The fourth-order valence-corrected chi connectivity index (χ4v) is 1.03. The van der Waals surface area contributed by atoms with Crippen molar-refractivity contribution in [3.05, 3.63) is 0 Å². The molecule has 11 nitrogen and oxygen atoms in total. The van der Waals surface area contributed by atoms with Crippen LogP contribution in [0.4, 0.5) is 0 Å². The van der Waals surface area contributed by atoms with Gasteiger partial charge in [-0.1, -0.05) is 0 Å². The molecule has 0 rings (SSSR count). The van der Waals surface area contributed by atoms with Crippen molar-refractivity contribution in [1.82, 2.24) is 0 Å². The molecule has 22 heavy (non-hydrogen) atoms. The van der Waals surface area contributed by atoms with Gasteiger partial charge in [-0.15, -0.1) is 0 Å². The monoisotopic (exact) mass is 330 g/mol. The molecule has 0 aliphatic carbocycles. The molecule has 0 saturated carbocycles. The Kier molecular flexibility index (Phi) is 13.2. The number of hydrogen-bond acceptors (Lipinski definition) is 11. The topological polar surface area (TPSA) is 216 Å². The van der Waals surface area contributed by atoms with Crippen LogP contribution in [0.15, 0.2) is 0 Å². The summed E-state index contributed by atoms with van der Waals surface area (Å²) < 4.78 is 0. The normalized spacial score (nSPS) is 20.4. The summed E-state index contributed by atoms with van der Waals surface area (Å²) in [6, 6.07) is 0. The van der Waals surface area contributed by atoms with E-state index in [9.17, 15) is 9.59 Å². The number of hydrogen-bond donors (Lipinski definition) is 9. The van der Waals surface area contributed by atoms with E-state index in [0.29, 0.717) is 0 Å². The van der Waals surface area contributed by atoms with Crippen LogP contribution in [0.2, 0.25) is 0 Å². The van der Waals surface area contributed by atoms with E-state index in [4.69, 9.17) is 46.0 Å². The van der Waals surface area contributed by atoms with Gasteiger partial charge in [0.2, 0.25) is 0 Å². The van der Waals surface area contributed by atoms with Crippen LogP contribution in [0.3, 0.4) is 0 Å². The Balaban J connectivity index is 0. The molecule has 0 bridgehead atoms. The third kappa shape index (κ3) is 8.43. The molecule has 0 aliphatic rings. The van der Waals surface area contributed by atoms with Crippen LogP contribution < -0.4 is 0 Å². The molecule has 0 aromatic rings. The van der Waals surface area contributed by atoms with Crippen LogP contribution in [0.1, 0.15) is 0 Å². The number of aldehydes is 2. The van der Waals surface area contributed by atoms with Crippen molar-refractivity contribution in [2.75, 3.05) is 13.2 Å². The van der Waals surface area contributed by atoms with Crippen LogP contribution in [0.5, 0.6) is 0 Å². The lowest BCUT2D eigenvalue weighted by Gasteiger charge is -2.22. The molecule has 0 spiro atoms. The lowest BCUT2D eigenvalue weighted by atomic mass is 10.0. The number of aliphatic hydroxyl groups is 9. The van der Waals surface area contributed by atoms with E-state index in [2.05, 4.69) is 0 Å². The van der Waals surface area contributed by atoms with Gasteiger partial charge in [0.05, 0.1) is 13.2 Å². The Morgan fingerprint density at radius 3 is 1.23 bits per heavy atom. The quantitative estimate of drug-likeness (QED) is 0.181. The summed E-state index contributed by atoms with van der Waals surface area (Å²) in [6.07, 6.45) is -11.5. The maximum atomic E-state index is 9.90. The molecule has 0 heterocycles. The summed E-state index contributed by atoms with van der Waals surface area (Å²) in [5.41, 5.74) is 0. The Morgan fingerprint density at radius 1 is 0.591 bits per heavy atom. The molecule has 0 amide bonds. The molecule has 11 heteroatoms. The first kappa shape index (κ1) is 23.2. The van der Waals surface area contributed by atoms with Crippen LogP contribution in [-0.4, -0.2) is 114 Å². The number of carbonyl (C=O) groups is 2. The van der Waals surface area contributed by atoms with Crippen LogP contribution in [0, 0.1) is 0 Å². The van der Waals surface area contributed by atoms with Gasteiger partial charge in [0.1, 0.15) is 42.7 Å². The summed E-state index contributed by atoms with van der Waals surface area (Å²) in [5.74, 6) is 0. The van der Waals surface area contributed by atoms with E-state index >= 15 is 0 Å². The summed E-state index contributed by atoms with van der Waals surface area (Å²) >= 11 is 0. The fraction of sp³-hybridized carbons (Fsp3) is 0.818. The first-order chi connectivity index (χ1) is 10.2. The SMILES string of the molecule is O=C[C@@H](O)[C@@H](O)[C@H](O)CO.O=C[C@H](O)[C@@H](O)[C@H](O)[C@H](O)CO. The highest BCUT2D eigenvalue weighted by Gasteiger charge is 2.29.